The van der Waals surface area contributed by atoms with E-state index in [9.17, 15) is 17.6 Å². The standard InChI is InChI=1S/C21H23FN2O3S3/c1-23(30(26,27)20-10-8-17(22)9-11-20)12-2-7-21(25)24(15-18-5-3-13-28-18)16-19-6-4-14-29-19/h3-6,8-11,13-14H,2,7,12,15-16H2,1H3. The minimum absolute atomic E-state index is 0.00983. The Balaban J connectivity index is 1.58. The molecule has 0 bridgehead atoms. The number of hydrogen-bond donors (Lipinski definition) is 0. The lowest BCUT2D eigenvalue weighted by Crippen LogP contribution is -2.31. The highest BCUT2D eigenvalue weighted by atomic mass is 32.2. The van der Waals surface area contributed by atoms with Gasteiger partial charge in [-0.25, -0.2) is 17.1 Å². The number of halogens is 1. The van der Waals surface area contributed by atoms with E-state index in [1.807, 2.05) is 39.9 Å². The highest BCUT2D eigenvalue weighted by molar-refractivity contribution is 7.89. The fourth-order valence-corrected chi connectivity index (χ4v) is 5.58. The molecule has 2 heterocycles. The third-order valence-electron chi connectivity index (χ3n) is 4.59. The Hall–Kier alpha value is -2.07. The van der Waals surface area contributed by atoms with Crippen molar-refractivity contribution in [1.29, 1.82) is 0 Å². The van der Waals surface area contributed by atoms with Crippen molar-refractivity contribution in [3.63, 3.8) is 0 Å². The Morgan fingerprint density at radius 2 is 1.53 bits per heavy atom. The quantitative estimate of drug-likeness (QED) is 0.440. The molecule has 3 rings (SSSR count). The van der Waals surface area contributed by atoms with Gasteiger partial charge in [-0.2, -0.15) is 0 Å². The van der Waals surface area contributed by atoms with Crippen LogP contribution in [0, 0.1) is 5.82 Å². The number of nitrogens with zero attached hydrogens (tertiary/aromatic N) is 2. The second kappa shape index (κ2) is 10.3. The molecule has 1 aromatic carbocycles. The fraction of sp³-hybridized carbons (Fsp3) is 0.286. The lowest BCUT2D eigenvalue weighted by Gasteiger charge is -2.22. The van der Waals surface area contributed by atoms with Gasteiger partial charge in [-0.05, 0) is 53.6 Å². The fourth-order valence-electron chi connectivity index (χ4n) is 2.93. The summed E-state index contributed by atoms with van der Waals surface area (Å²) in [6.07, 6.45) is 0.654. The zero-order chi connectivity index (χ0) is 21.6. The van der Waals surface area contributed by atoms with Crippen molar-refractivity contribution in [2.24, 2.45) is 0 Å². The van der Waals surface area contributed by atoms with Gasteiger partial charge >= 0.3 is 0 Å². The average molecular weight is 467 g/mol. The van der Waals surface area contributed by atoms with Gasteiger partial charge in [0.15, 0.2) is 0 Å². The topological polar surface area (TPSA) is 57.7 Å². The number of amides is 1. The predicted molar refractivity (Wildman–Crippen MR) is 118 cm³/mol. The van der Waals surface area contributed by atoms with Crippen molar-refractivity contribution in [2.45, 2.75) is 30.8 Å². The summed E-state index contributed by atoms with van der Waals surface area (Å²) in [6.45, 7) is 1.29. The zero-order valence-electron chi connectivity index (χ0n) is 16.5. The molecule has 9 heteroatoms. The third-order valence-corrected chi connectivity index (χ3v) is 8.19. The van der Waals surface area contributed by atoms with E-state index in [4.69, 9.17) is 0 Å². The molecule has 0 unspecified atom stereocenters. The van der Waals surface area contributed by atoms with Gasteiger partial charge < -0.3 is 4.90 Å². The highest BCUT2D eigenvalue weighted by Gasteiger charge is 2.21. The molecule has 0 aliphatic heterocycles. The van der Waals surface area contributed by atoms with Gasteiger partial charge in [0.2, 0.25) is 15.9 Å². The Labute approximate surface area is 184 Å². The number of carbonyl (C=O) groups excluding carboxylic acids is 1. The van der Waals surface area contributed by atoms with Crippen molar-refractivity contribution in [3.8, 4) is 0 Å². The van der Waals surface area contributed by atoms with Crippen molar-refractivity contribution >= 4 is 38.6 Å². The Morgan fingerprint density at radius 3 is 2.03 bits per heavy atom. The number of carbonyl (C=O) groups is 1. The number of sulfonamides is 1. The normalized spacial score (nSPS) is 11.7. The van der Waals surface area contributed by atoms with Gasteiger partial charge in [0.25, 0.3) is 0 Å². The number of benzene rings is 1. The molecule has 0 spiro atoms. The molecule has 5 nitrogen and oxygen atoms in total. The van der Waals surface area contributed by atoms with Crippen LogP contribution in [0.5, 0.6) is 0 Å². The Kier molecular flexibility index (Phi) is 7.76. The molecule has 0 atom stereocenters. The lowest BCUT2D eigenvalue weighted by molar-refractivity contribution is -0.132. The molecular formula is C21H23FN2O3S3. The molecule has 0 N–H and O–H groups in total. The van der Waals surface area contributed by atoms with E-state index >= 15 is 0 Å². The molecule has 1 amide bonds. The summed E-state index contributed by atoms with van der Waals surface area (Å²) in [5.41, 5.74) is 0. The molecule has 0 saturated carbocycles. The first-order valence-corrected chi connectivity index (χ1v) is 12.6. The summed E-state index contributed by atoms with van der Waals surface area (Å²) >= 11 is 3.21. The van der Waals surface area contributed by atoms with Gasteiger partial charge in [0, 0.05) is 29.8 Å². The second-order valence-electron chi connectivity index (χ2n) is 6.79. The van der Waals surface area contributed by atoms with Crippen LogP contribution in [-0.2, 0) is 27.9 Å². The summed E-state index contributed by atoms with van der Waals surface area (Å²) in [5, 5.41) is 3.97. The van der Waals surface area contributed by atoms with E-state index in [-0.39, 0.29) is 23.8 Å². The summed E-state index contributed by atoms with van der Waals surface area (Å²) in [4.78, 5) is 16.9. The van der Waals surface area contributed by atoms with Gasteiger partial charge in [-0.15, -0.1) is 22.7 Å². The molecule has 160 valence electrons. The first-order chi connectivity index (χ1) is 14.4. The molecule has 2 aromatic heterocycles. The molecule has 0 aliphatic carbocycles. The predicted octanol–water partition coefficient (Wildman–Crippen LogP) is 4.58. The van der Waals surface area contributed by atoms with E-state index in [0.29, 0.717) is 19.5 Å². The molecular weight excluding hydrogens is 443 g/mol. The van der Waals surface area contributed by atoms with Crippen LogP contribution in [0.15, 0.2) is 64.2 Å². The summed E-state index contributed by atoms with van der Waals surface area (Å²) in [7, 11) is -2.24. The number of rotatable bonds is 10. The molecule has 0 saturated heterocycles. The molecule has 0 radical (unpaired) electrons. The molecule has 0 fully saturated rings. The molecule has 0 aliphatic rings. The minimum Gasteiger partial charge on any atom is -0.332 e. The molecule has 30 heavy (non-hydrogen) atoms. The van der Waals surface area contributed by atoms with Gasteiger partial charge in [0.05, 0.1) is 18.0 Å². The lowest BCUT2D eigenvalue weighted by atomic mass is 10.2. The van der Waals surface area contributed by atoms with Crippen molar-refractivity contribution in [2.75, 3.05) is 13.6 Å². The van der Waals surface area contributed by atoms with E-state index < -0.39 is 15.8 Å². The largest absolute Gasteiger partial charge is 0.332 e. The third kappa shape index (κ3) is 5.98. The maximum Gasteiger partial charge on any atom is 0.242 e. The zero-order valence-corrected chi connectivity index (χ0v) is 19.0. The summed E-state index contributed by atoms with van der Waals surface area (Å²) < 4.78 is 39.4. The van der Waals surface area contributed by atoms with Crippen LogP contribution in [0.25, 0.3) is 0 Å². The van der Waals surface area contributed by atoms with Crippen LogP contribution in [0.2, 0.25) is 0 Å². The van der Waals surface area contributed by atoms with Crippen LogP contribution < -0.4 is 0 Å². The first-order valence-electron chi connectivity index (χ1n) is 9.41. The second-order valence-corrected chi connectivity index (χ2v) is 10.9. The van der Waals surface area contributed by atoms with E-state index in [1.165, 1.54) is 23.5 Å². The van der Waals surface area contributed by atoms with Crippen molar-refractivity contribution in [1.82, 2.24) is 9.21 Å². The van der Waals surface area contributed by atoms with Gasteiger partial charge in [-0.3, -0.25) is 4.79 Å². The van der Waals surface area contributed by atoms with Crippen LogP contribution in [0.4, 0.5) is 4.39 Å². The van der Waals surface area contributed by atoms with E-state index in [0.717, 1.165) is 21.9 Å². The first kappa shape index (κ1) is 22.6. The van der Waals surface area contributed by atoms with Crippen molar-refractivity contribution < 1.29 is 17.6 Å². The number of thiophene rings is 2. The van der Waals surface area contributed by atoms with Gasteiger partial charge in [-0.1, -0.05) is 12.1 Å². The Morgan fingerprint density at radius 1 is 0.967 bits per heavy atom. The maximum absolute atomic E-state index is 13.1. The van der Waals surface area contributed by atoms with Crippen LogP contribution in [0.1, 0.15) is 22.6 Å². The SMILES string of the molecule is CN(CCCC(=O)N(Cc1cccs1)Cc1cccs1)S(=O)(=O)c1ccc(F)cc1. The van der Waals surface area contributed by atoms with Gasteiger partial charge in [0.1, 0.15) is 5.82 Å². The molecule has 3 aromatic rings. The monoisotopic (exact) mass is 466 g/mol. The minimum atomic E-state index is -3.71. The highest BCUT2D eigenvalue weighted by Crippen LogP contribution is 2.19. The van der Waals surface area contributed by atoms with E-state index in [1.54, 1.807) is 22.7 Å². The van der Waals surface area contributed by atoms with E-state index in [2.05, 4.69) is 0 Å². The smallest absolute Gasteiger partial charge is 0.242 e. The Bertz CT molecular complexity index is 998. The van der Waals surface area contributed by atoms with Crippen molar-refractivity contribution in [3.05, 3.63) is 74.9 Å². The average Bonchev–Trinajstić information content (AvgIpc) is 3.42. The van der Waals surface area contributed by atoms with Crippen LogP contribution in [0.3, 0.4) is 0 Å². The number of hydrogen-bond acceptors (Lipinski definition) is 5. The van der Waals surface area contributed by atoms with Crippen LogP contribution >= 0.6 is 22.7 Å². The maximum atomic E-state index is 13.1. The summed E-state index contributed by atoms with van der Waals surface area (Å²) in [6, 6.07) is 12.7. The summed E-state index contributed by atoms with van der Waals surface area (Å²) in [5.74, 6) is -0.497. The van der Waals surface area contributed by atoms with Crippen LogP contribution in [-0.4, -0.2) is 37.1 Å².